The SMILES string of the molecule is C=C(Br)/C=N\N(C)C(C=C(NC)c1ccc(C(C)(C)C)cc1)=NCc1cccnc1. The van der Waals surface area contributed by atoms with Gasteiger partial charge in [0.2, 0.25) is 0 Å². The Balaban J connectivity index is 2.39. The number of halogens is 1. The number of likely N-dealkylation sites (N-methyl/N-ethyl adjacent to an activating group) is 1. The molecule has 5 nitrogen and oxygen atoms in total. The van der Waals surface area contributed by atoms with Gasteiger partial charge in [-0.1, -0.05) is 57.7 Å². The number of nitrogens with one attached hydrogen (secondary N) is 1. The van der Waals surface area contributed by atoms with Crippen LogP contribution in [0.1, 0.15) is 37.5 Å². The van der Waals surface area contributed by atoms with Gasteiger partial charge in [-0.05, 0) is 44.1 Å². The number of hydrogen-bond donors (Lipinski definition) is 1. The molecule has 0 aliphatic heterocycles. The molecular formula is C24H30BrN5. The van der Waals surface area contributed by atoms with Crippen LogP contribution in [0.4, 0.5) is 0 Å². The van der Waals surface area contributed by atoms with Crippen molar-refractivity contribution in [1.29, 1.82) is 0 Å². The summed E-state index contributed by atoms with van der Waals surface area (Å²) in [6.07, 6.45) is 7.21. The van der Waals surface area contributed by atoms with E-state index in [1.807, 2.05) is 38.5 Å². The lowest BCUT2D eigenvalue weighted by molar-refractivity contribution is 0.547. The third kappa shape index (κ3) is 7.26. The Kier molecular flexibility index (Phi) is 8.54. The van der Waals surface area contributed by atoms with Crippen LogP contribution in [-0.4, -0.2) is 36.1 Å². The van der Waals surface area contributed by atoms with Crippen molar-refractivity contribution < 1.29 is 0 Å². The van der Waals surface area contributed by atoms with E-state index in [4.69, 9.17) is 4.99 Å². The van der Waals surface area contributed by atoms with Gasteiger partial charge in [0.25, 0.3) is 0 Å². The zero-order chi connectivity index (χ0) is 22.1. The number of aromatic nitrogens is 1. The summed E-state index contributed by atoms with van der Waals surface area (Å²) in [5, 5.41) is 9.42. The fraction of sp³-hybridized carbons (Fsp3) is 0.292. The number of pyridine rings is 1. The van der Waals surface area contributed by atoms with Gasteiger partial charge in [-0.25, -0.2) is 0 Å². The zero-order valence-corrected chi connectivity index (χ0v) is 19.9. The molecule has 6 heteroatoms. The second kappa shape index (κ2) is 10.9. The zero-order valence-electron chi connectivity index (χ0n) is 18.4. The van der Waals surface area contributed by atoms with E-state index in [0.717, 1.165) is 16.8 Å². The summed E-state index contributed by atoms with van der Waals surface area (Å²) in [5.74, 6) is 0.716. The third-order valence-electron chi connectivity index (χ3n) is 4.45. The quantitative estimate of drug-likeness (QED) is 0.338. The van der Waals surface area contributed by atoms with Gasteiger partial charge in [-0.15, -0.1) is 0 Å². The van der Waals surface area contributed by atoms with Crippen molar-refractivity contribution in [2.75, 3.05) is 14.1 Å². The van der Waals surface area contributed by atoms with Gasteiger partial charge in [-0.2, -0.15) is 5.10 Å². The summed E-state index contributed by atoms with van der Waals surface area (Å²) in [6.45, 7) is 10.9. The van der Waals surface area contributed by atoms with Crippen LogP contribution in [0.5, 0.6) is 0 Å². The molecule has 0 fully saturated rings. The average molecular weight is 468 g/mol. The van der Waals surface area contributed by atoms with Crippen LogP contribution in [0.15, 0.2) is 76.0 Å². The predicted octanol–water partition coefficient (Wildman–Crippen LogP) is 5.36. The molecule has 0 bridgehead atoms. The molecule has 30 heavy (non-hydrogen) atoms. The number of rotatable bonds is 7. The molecule has 158 valence electrons. The molecule has 0 aliphatic carbocycles. The molecule has 0 aliphatic rings. The van der Waals surface area contributed by atoms with Crippen LogP contribution in [0.2, 0.25) is 0 Å². The molecule has 1 aromatic heterocycles. The van der Waals surface area contributed by atoms with E-state index in [2.05, 4.69) is 82.9 Å². The number of allylic oxidation sites excluding steroid dienone is 1. The monoisotopic (exact) mass is 467 g/mol. The Hall–Kier alpha value is -2.73. The van der Waals surface area contributed by atoms with Crippen molar-refractivity contribution in [3.8, 4) is 0 Å². The number of nitrogens with zero attached hydrogens (tertiary/aromatic N) is 4. The number of hydrazone groups is 1. The van der Waals surface area contributed by atoms with E-state index in [9.17, 15) is 0 Å². The molecule has 1 aromatic carbocycles. The summed E-state index contributed by atoms with van der Waals surface area (Å²) >= 11 is 3.31. The van der Waals surface area contributed by atoms with Gasteiger partial charge in [0.1, 0.15) is 5.84 Å². The average Bonchev–Trinajstić information content (AvgIpc) is 2.72. The van der Waals surface area contributed by atoms with E-state index in [0.29, 0.717) is 16.9 Å². The minimum atomic E-state index is 0.116. The Morgan fingerprint density at radius 2 is 1.93 bits per heavy atom. The molecule has 0 spiro atoms. The van der Waals surface area contributed by atoms with Crippen molar-refractivity contribution in [2.45, 2.75) is 32.7 Å². The molecule has 1 heterocycles. The van der Waals surface area contributed by atoms with Gasteiger partial charge >= 0.3 is 0 Å². The van der Waals surface area contributed by atoms with Crippen LogP contribution < -0.4 is 5.32 Å². The molecule has 0 unspecified atom stereocenters. The number of aliphatic imine (C=N–C) groups is 1. The smallest absolute Gasteiger partial charge is 0.146 e. The van der Waals surface area contributed by atoms with Crippen molar-refractivity contribution in [1.82, 2.24) is 15.3 Å². The summed E-state index contributed by atoms with van der Waals surface area (Å²) in [4.78, 5) is 8.93. The van der Waals surface area contributed by atoms with Crippen molar-refractivity contribution in [3.05, 3.63) is 82.6 Å². The second-order valence-corrected chi connectivity index (χ2v) is 8.90. The molecule has 0 amide bonds. The lowest BCUT2D eigenvalue weighted by Gasteiger charge is -2.20. The molecule has 2 aromatic rings. The topological polar surface area (TPSA) is 52.9 Å². The molecular weight excluding hydrogens is 438 g/mol. The van der Waals surface area contributed by atoms with Crippen LogP contribution in [0, 0.1) is 0 Å². The maximum atomic E-state index is 4.77. The van der Waals surface area contributed by atoms with Crippen molar-refractivity contribution >= 4 is 33.7 Å². The summed E-state index contributed by atoms with van der Waals surface area (Å²) in [6, 6.07) is 12.5. The van der Waals surface area contributed by atoms with Gasteiger partial charge in [0, 0.05) is 42.7 Å². The summed E-state index contributed by atoms with van der Waals surface area (Å²) in [5.41, 5.74) is 4.49. The highest BCUT2D eigenvalue weighted by molar-refractivity contribution is 9.12. The molecule has 0 atom stereocenters. The van der Waals surface area contributed by atoms with Gasteiger partial charge in [0.15, 0.2) is 0 Å². The number of amidine groups is 1. The first-order valence-electron chi connectivity index (χ1n) is 9.76. The Morgan fingerprint density at radius 3 is 2.47 bits per heavy atom. The third-order valence-corrected chi connectivity index (χ3v) is 4.66. The van der Waals surface area contributed by atoms with Crippen LogP contribution in [0.25, 0.3) is 5.70 Å². The largest absolute Gasteiger partial charge is 0.388 e. The first-order valence-corrected chi connectivity index (χ1v) is 10.6. The molecule has 0 saturated carbocycles. The summed E-state index contributed by atoms with van der Waals surface area (Å²) < 4.78 is 0.691. The molecule has 2 rings (SSSR count). The van der Waals surface area contributed by atoms with Crippen molar-refractivity contribution in [2.24, 2.45) is 10.1 Å². The minimum absolute atomic E-state index is 0.116. The van der Waals surface area contributed by atoms with Crippen LogP contribution >= 0.6 is 15.9 Å². The highest BCUT2D eigenvalue weighted by atomic mass is 79.9. The van der Waals surface area contributed by atoms with E-state index < -0.39 is 0 Å². The highest BCUT2D eigenvalue weighted by Gasteiger charge is 2.14. The Bertz CT molecular complexity index is 922. The lowest BCUT2D eigenvalue weighted by atomic mass is 9.86. The normalized spacial score (nSPS) is 12.9. The van der Waals surface area contributed by atoms with E-state index >= 15 is 0 Å². The maximum absolute atomic E-state index is 4.77. The number of benzene rings is 1. The number of hydrogen-bond acceptors (Lipinski definition) is 4. The van der Waals surface area contributed by atoms with E-state index in [1.54, 1.807) is 17.4 Å². The highest BCUT2D eigenvalue weighted by Crippen LogP contribution is 2.24. The van der Waals surface area contributed by atoms with Crippen LogP contribution in [0.3, 0.4) is 0 Å². The first kappa shape index (κ1) is 23.5. The standard InChI is InChI=1S/C24H30BrN5/c1-18(25)15-29-30(6)23(28-17-19-8-7-13-27-16-19)14-22(26-5)20-9-11-21(12-10-20)24(2,3)4/h7-16,26H,1,17H2,2-6H3/b22-14?,28-23?,29-15-. The second-order valence-electron chi connectivity index (χ2n) is 7.89. The fourth-order valence-electron chi connectivity index (χ4n) is 2.69. The van der Waals surface area contributed by atoms with Gasteiger partial charge in [-0.3, -0.25) is 15.0 Å². The molecule has 1 N–H and O–H groups in total. The van der Waals surface area contributed by atoms with E-state index in [-0.39, 0.29) is 5.41 Å². The predicted molar refractivity (Wildman–Crippen MR) is 132 cm³/mol. The molecule has 0 radical (unpaired) electrons. The Morgan fingerprint density at radius 1 is 1.23 bits per heavy atom. The molecule has 0 saturated heterocycles. The van der Waals surface area contributed by atoms with Crippen LogP contribution in [-0.2, 0) is 12.0 Å². The maximum Gasteiger partial charge on any atom is 0.146 e. The Labute approximate surface area is 188 Å². The van der Waals surface area contributed by atoms with Gasteiger partial charge < -0.3 is 5.32 Å². The minimum Gasteiger partial charge on any atom is -0.388 e. The summed E-state index contributed by atoms with van der Waals surface area (Å²) in [7, 11) is 3.77. The van der Waals surface area contributed by atoms with Gasteiger partial charge in [0.05, 0.1) is 12.8 Å². The van der Waals surface area contributed by atoms with E-state index in [1.165, 1.54) is 5.56 Å². The van der Waals surface area contributed by atoms with Crippen molar-refractivity contribution in [3.63, 3.8) is 0 Å². The lowest BCUT2D eigenvalue weighted by Crippen LogP contribution is -2.21. The fourth-order valence-corrected chi connectivity index (χ4v) is 2.78. The first-order chi connectivity index (χ1) is 14.2.